The highest BCUT2D eigenvalue weighted by Crippen LogP contribution is 2.36. The van der Waals surface area contributed by atoms with E-state index < -0.39 is 5.60 Å². The fourth-order valence-corrected chi connectivity index (χ4v) is 5.04. The summed E-state index contributed by atoms with van der Waals surface area (Å²) < 4.78 is 0. The summed E-state index contributed by atoms with van der Waals surface area (Å²) in [4.78, 5) is 11.3. The zero-order valence-electron chi connectivity index (χ0n) is 22.4. The molecule has 4 heteroatoms. The molecule has 190 valence electrons. The van der Waals surface area contributed by atoms with Crippen molar-refractivity contribution < 1.29 is 15.0 Å². The molecule has 0 saturated heterocycles. The lowest BCUT2D eigenvalue weighted by molar-refractivity contribution is -0.120. The van der Waals surface area contributed by atoms with Crippen LogP contribution in [-0.2, 0) is 4.79 Å². The molecule has 0 aliphatic heterocycles. The number of aliphatic hydroxyl groups excluding tert-OH is 1. The van der Waals surface area contributed by atoms with E-state index in [1.807, 2.05) is 13.8 Å². The minimum absolute atomic E-state index is 0.103. The van der Waals surface area contributed by atoms with Gasteiger partial charge in [0.2, 0.25) is 0 Å². The van der Waals surface area contributed by atoms with Crippen molar-refractivity contribution in [1.29, 1.82) is 0 Å². The molecule has 0 fully saturated rings. The summed E-state index contributed by atoms with van der Waals surface area (Å²) in [5, 5.41) is 22.2. The quantitative estimate of drug-likeness (QED) is 0.189. The summed E-state index contributed by atoms with van der Waals surface area (Å²) in [5.41, 5.74) is 3.37. The third kappa shape index (κ3) is 11.5. The van der Waals surface area contributed by atoms with E-state index in [-0.39, 0.29) is 23.7 Å². The van der Waals surface area contributed by atoms with Gasteiger partial charge in [0.15, 0.2) is 0 Å². The van der Waals surface area contributed by atoms with Crippen LogP contribution in [0.25, 0.3) is 0 Å². The SMILES string of the molecule is CC(=O)C(C)CCCC(C)(O)CCC/C(C)=C/CCC(C)CCC1=CC(O)C(C)C(C)=C1P. The van der Waals surface area contributed by atoms with Gasteiger partial charge in [-0.05, 0) is 109 Å². The second kappa shape index (κ2) is 14.6. The van der Waals surface area contributed by atoms with Crippen LogP contribution in [0.3, 0.4) is 0 Å². The van der Waals surface area contributed by atoms with Crippen LogP contribution >= 0.6 is 9.24 Å². The maximum Gasteiger partial charge on any atom is 0.132 e. The summed E-state index contributed by atoms with van der Waals surface area (Å²) in [6.07, 6.45) is 13.9. The Morgan fingerprint density at radius 2 is 1.82 bits per heavy atom. The van der Waals surface area contributed by atoms with Gasteiger partial charge in [-0.2, -0.15) is 0 Å². The van der Waals surface area contributed by atoms with E-state index in [0.717, 1.165) is 57.8 Å². The molecule has 0 amide bonds. The van der Waals surface area contributed by atoms with Crippen LogP contribution in [-0.4, -0.2) is 27.7 Å². The lowest BCUT2D eigenvalue weighted by atomic mass is 9.85. The van der Waals surface area contributed by atoms with Crippen LogP contribution in [0.1, 0.15) is 113 Å². The van der Waals surface area contributed by atoms with E-state index in [0.29, 0.717) is 5.92 Å². The molecule has 0 radical (unpaired) electrons. The van der Waals surface area contributed by atoms with Gasteiger partial charge < -0.3 is 10.2 Å². The van der Waals surface area contributed by atoms with Gasteiger partial charge in [-0.1, -0.05) is 44.1 Å². The Bertz CT molecular complexity index is 716. The van der Waals surface area contributed by atoms with Gasteiger partial charge in [-0.3, -0.25) is 4.79 Å². The fourth-order valence-electron chi connectivity index (χ4n) is 4.54. The Balaban J connectivity index is 2.28. The van der Waals surface area contributed by atoms with Crippen LogP contribution in [0, 0.1) is 17.8 Å². The topological polar surface area (TPSA) is 57.5 Å². The molecule has 1 rings (SSSR count). The molecule has 1 aliphatic carbocycles. The Kier molecular flexibility index (Phi) is 13.4. The number of hydrogen-bond acceptors (Lipinski definition) is 3. The van der Waals surface area contributed by atoms with Crippen LogP contribution in [0.4, 0.5) is 0 Å². The van der Waals surface area contributed by atoms with Crippen LogP contribution in [0.5, 0.6) is 0 Å². The van der Waals surface area contributed by atoms with Crippen molar-refractivity contribution in [2.24, 2.45) is 17.8 Å². The van der Waals surface area contributed by atoms with Gasteiger partial charge in [0.05, 0.1) is 11.7 Å². The Morgan fingerprint density at radius 1 is 1.18 bits per heavy atom. The number of hydrogen-bond donors (Lipinski definition) is 2. The van der Waals surface area contributed by atoms with Crippen molar-refractivity contribution in [3.63, 3.8) is 0 Å². The highest BCUT2D eigenvalue weighted by atomic mass is 31.0. The second-order valence-corrected chi connectivity index (χ2v) is 11.7. The van der Waals surface area contributed by atoms with E-state index >= 15 is 0 Å². The predicted octanol–water partition coefficient (Wildman–Crippen LogP) is 7.53. The van der Waals surface area contributed by atoms with Gasteiger partial charge in [-0.15, -0.1) is 9.24 Å². The number of Topliss-reactive ketones (excluding diaryl/α,β-unsaturated/α-hetero) is 1. The summed E-state index contributed by atoms with van der Waals surface area (Å²) in [7, 11) is 2.88. The third-order valence-electron chi connectivity index (χ3n) is 7.73. The predicted molar refractivity (Wildman–Crippen MR) is 145 cm³/mol. The number of ketones is 1. The van der Waals surface area contributed by atoms with Gasteiger partial charge in [-0.25, -0.2) is 0 Å². The smallest absolute Gasteiger partial charge is 0.132 e. The molecule has 0 aromatic heterocycles. The van der Waals surface area contributed by atoms with E-state index in [1.165, 1.54) is 28.5 Å². The molecule has 0 aromatic rings. The van der Waals surface area contributed by atoms with Crippen molar-refractivity contribution in [3.05, 3.63) is 34.2 Å². The highest BCUT2D eigenvalue weighted by molar-refractivity contribution is 7.23. The van der Waals surface area contributed by atoms with Gasteiger partial charge in [0.25, 0.3) is 0 Å². The van der Waals surface area contributed by atoms with Crippen molar-refractivity contribution in [1.82, 2.24) is 0 Å². The molecule has 0 heterocycles. The molecule has 3 nitrogen and oxygen atoms in total. The standard InChI is InChI=1S/C29H51O3P/c1-20(13-9-17-29(7,32)18-10-14-22(3)25(6)30)11-8-12-21(2)15-16-26-19-27(31)23(4)24(5)28(26)33/h11,19,21-23,27,31-32H,8-10,12-18,33H2,1-7H3/b20-11+. The highest BCUT2D eigenvalue weighted by Gasteiger charge is 2.23. The molecular weight excluding hydrogens is 427 g/mol. The zero-order chi connectivity index (χ0) is 25.2. The van der Waals surface area contributed by atoms with E-state index in [1.54, 1.807) is 6.92 Å². The van der Waals surface area contributed by atoms with Crippen LogP contribution < -0.4 is 0 Å². The fraction of sp³-hybridized carbons (Fsp3) is 0.759. The first-order valence-corrected chi connectivity index (χ1v) is 13.7. The Hall–Kier alpha value is -0.760. The van der Waals surface area contributed by atoms with Crippen LogP contribution in [0.2, 0.25) is 0 Å². The maximum absolute atomic E-state index is 11.3. The molecule has 0 saturated carbocycles. The monoisotopic (exact) mass is 478 g/mol. The number of aliphatic hydroxyl groups is 2. The normalized spacial score (nSPS) is 23.2. The number of carbonyl (C=O) groups excluding carboxylic acids is 1. The van der Waals surface area contributed by atoms with Crippen molar-refractivity contribution in [2.45, 2.75) is 124 Å². The zero-order valence-corrected chi connectivity index (χ0v) is 23.6. The lowest BCUT2D eigenvalue weighted by Crippen LogP contribution is -2.24. The molecule has 33 heavy (non-hydrogen) atoms. The largest absolute Gasteiger partial charge is 0.390 e. The van der Waals surface area contributed by atoms with E-state index in [2.05, 4.69) is 49.1 Å². The average molecular weight is 479 g/mol. The van der Waals surface area contributed by atoms with Gasteiger partial charge in [0.1, 0.15) is 5.78 Å². The first-order chi connectivity index (χ1) is 15.3. The maximum atomic E-state index is 11.3. The summed E-state index contributed by atoms with van der Waals surface area (Å²) in [6.45, 7) is 14.3. The number of rotatable bonds is 15. The molecule has 1 aliphatic rings. The minimum atomic E-state index is -0.631. The summed E-state index contributed by atoms with van der Waals surface area (Å²) in [6, 6.07) is 0. The van der Waals surface area contributed by atoms with Gasteiger partial charge >= 0.3 is 0 Å². The molecule has 0 spiro atoms. The molecule has 2 N–H and O–H groups in total. The van der Waals surface area contributed by atoms with Gasteiger partial charge in [0, 0.05) is 11.8 Å². The summed E-state index contributed by atoms with van der Waals surface area (Å²) >= 11 is 0. The average Bonchev–Trinajstić information content (AvgIpc) is 2.73. The van der Waals surface area contributed by atoms with Crippen molar-refractivity contribution in [3.8, 4) is 0 Å². The second-order valence-electron chi connectivity index (χ2n) is 11.1. The van der Waals surface area contributed by atoms with Crippen LogP contribution in [0.15, 0.2) is 34.2 Å². The summed E-state index contributed by atoms with van der Waals surface area (Å²) in [5.74, 6) is 1.21. The lowest BCUT2D eigenvalue weighted by Gasteiger charge is -2.27. The Labute approximate surface area is 206 Å². The Morgan fingerprint density at radius 3 is 2.45 bits per heavy atom. The first-order valence-electron chi connectivity index (χ1n) is 13.1. The molecule has 6 atom stereocenters. The number of carbonyl (C=O) groups is 1. The number of allylic oxidation sites excluding steroid dienone is 4. The van der Waals surface area contributed by atoms with E-state index in [9.17, 15) is 15.0 Å². The van der Waals surface area contributed by atoms with Crippen molar-refractivity contribution in [2.75, 3.05) is 0 Å². The van der Waals surface area contributed by atoms with E-state index in [4.69, 9.17) is 0 Å². The minimum Gasteiger partial charge on any atom is -0.390 e. The molecule has 0 bridgehead atoms. The third-order valence-corrected chi connectivity index (χ3v) is 8.56. The molecule has 6 unspecified atom stereocenters. The van der Waals surface area contributed by atoms with Crippen molar-refractivity contribution >= 4 is 15.0 Å². The molecule has 0 aromatic carbocycles. The molecular formula is C29H51O3P. The first kappa shape index (κ1) is 30.3.